The Kier molecular flexibility index (Phi) is 11.9. The maximum atomic E-state index is 5.42. The molecule has 0 aromatic carbocycles. The van der Waals surface area contributed by atoms with E-state index in [1.54, 1.807) is 0 Å². The average molecular weight is 215 g/mol. The molecule has 92 valence electrons. The predicted octanol–water partition coefficient (Wildman–Crippen LogP) is 1.44. The van der Waals surface area contributed by atoms with Crippen molar-refractivity contribution in [2.45, 2.75) is 39.5 Å². The Hall–Kier alpha value is -0.120. The lowest BCUT2D eigenvalue weighted by atomic mass is 10.3. The third-order valence-electron chi connectivity index (χ3n) is 2.47. The SMILES string of the molecule is CCCN(CCC)CCCNCCCN. The van der Waals surface area contributed by atoms with Crippen LogP contribution in [0.2, 0.25) is 0 Å². The summed E-state index contributed by atoms with van der Waals surface area (Å²) < 4.78 is 0. The van der Waals surface area contributed by atoms with Gasteiger partial charge in [0.1, 0.15) is 0 Å². The molecule has 0 unspecified atom stereocenters. The maximum absolute atomic E-state index is 5.42. The van der Waals surface area contributed by atoms with Gasteiger partial charge in [-0.3, -0.25) is 0 Å². The van der Waals surface area contributed by atoms with E-state index in [1.165, 1.54) is 38.9 Å². The van der Waals surface area contributed by atoms with Crippen molar-refractivity contribution in [1.29, 1.82) is 0 Å². The molecule has 0 amide bonds. The number of hydrogen-bond donors (Lipinski definition) is 2. The number of rotatable bonds is 11. The van der Waals surface area contributed by atoms with E-state index in [9.17, 15) is 0 Å². The summed E-state index contributed by atoms with van der Waals surface area (Å²) in [5, 5.41) is 3.42. The molecular weight excluding hydrogens is 186 g/mol. The van der Waals surface area contributed by atoms with Crippen molar-refractivity contribution in [2.24, 2.45) is 5.73 Å². The molecule has 0 aromatic rings. The first kappa shape index (κ1) is 14.9. The minimum atomic E-state index is 0.796. The fraction of sp³-hybridized carbons (Fsp3) is 1.00. The standard InChI is InChI=1S/C12H29N3/c1-3-10-15(11-4-2)12-6-9-14-8-5-7-13/h14H,3-13H2,1-2H3. The minimum Gasteiger partial charge on any atom is -0.330 e. The molecule has 0 rings (SSSR count). The van der Waals surface area contributed by atoms with Crippen molar-refractivity contribution in [1.82, 2.24) is 10.2 Å². The molecular formula is C12H29N3. The predicted molar refractivity (Wildman–Crippen MR) is 68.2 cm³/mol. The van der Waals surface area contributed by atoms with Gasteiger partial charge in [0.2, 0.25) is 0 Å². The highest BCUT2D eigenvalue weighted by atomic mass is 15.1. The van der Waals surface area contributed by atoms with Gasteiger partial charge in [0.25, 0.3) is 0 Å². The summed E-state index contributed by atoms with van der Waals surface area (Å²) in [7, 11) is 0. The van der Waals surface area contributed by atoms with Crippen molar-refractivity contribution >= 4 is 0 Å². The fourth-order valence-corrected chi connectivity index (χ4v) is 1.75. The zero-order valence-electron chi connectivity index (χ0n) is 10.6. The van der Waals surface area contributed by atoms with Gasteiger partial charge >= 0.3 is 0 Å². The summed E-state index contributed by atoms with van der Waals surface area (Å²) in [4.78, 5) is 2.56. The lowest BCUT2D eigenvalue weighted by molar-refractivity contribution is 0.270. The summed E-state index contributed by atoms with van der Waals surface area (Å²) in [6.45, 7) is 11.2. The van der Waals surface area contributed by atoms with Crippen molar-refractivity contribution < 1.29 is 0 Å². The molecule has 0 radical (unpaired) electrons. The fourth-order valence-electron chi connectivity index (χ4n) is 1.75. The van der Waals surface area contributed by atoms with Crippen LogP contribution in [0.25, 0.3) is 0 Å². The molecule has 0 spiro atoms. The Balaban J connectivity index is 3.28. The molecule has 0 atom stereocenters. The Morgan fingerprint density at radius 2 is 1.53 bits per heavy atom. The van der Waals surface area contributed by atoms with Gasteiger partial charge in [0.15, 0.2) is 0 Å². The van der Waals surface area contributed by atoms with Crippen molar-refractivity contribution in [3.05, 3.63) is 0 Å². The van der Waals surface area contributed by atoms with Crippen LogP contribution in [0, 0.1) is 0 Å². The summed E-state index contributed by atoms with van der Waals surface area (Å²) in [5.41, 5.74) is 5.42. The van der Waals surface area contributed by atoms with Gasteiger partial charge in [-0.15, -0.1) is 0 Å². The Bertz CT molecular complexity index is 111. The average Bonchev–Trinajstić information content (AvgIpc) is 2.24. The summed E-state index contributed by atoms with van der Waals surface area (Å²) >= 11 is 0. The molecule has 3 heteroatoms. The van der Waals surface area contributed by atoms with Gasteiger partial charge in [-0.2, -0.15) is 0 Å². The van der Waals surface area contributed by atoms with Crippen LogP contribution in [-0.4, -0.2) is 44.2 Å². The van der Waals surface area contributed by atoms with Crippen LogP contribution in [0.4, 0.5) is 0 Å². The Morgan fingerprint density at radius 3 is 2.07 bits per heavy atom. The normalized spacial score (nSPS) is 11.2. The molecule has 0 saturated heterocycles. The Morgan fingerprint density at radius 1 is 0.933 bits per heavy atom. The molecule has 0 saturated carbocycles. The third kappa shape index (κ3) is 10.2. The van der Waals surface area contributed by atoms with E-state index in [0.717, 1.165) is 26.1 Å². The zero-order chi connectivity index (χ0) is 11.4. The van der Waals surface area contributed by atoms with Crippen LogP contribution in [0.5, 0.6) is 0 Å². The first-order chi connectivity index (χ1) is 7.35. The van der Waals surface area contributed by atoms with Crippen LogP contribution in [0.1, 0.15) is 39.5 Å². The molecule has 0 aliphatic carbocycles. The monoisotopic (exact) mass is 215 g/mol. The molecule has 0 aliphatic heterocycles. The molecule has 0 aromatic heterocycles. The molecule has 0 bridgehead atoms. The first-order valence-electron chi connectivity index (χ1n) is 6.48. The smallest absolute Gasteiger partial charge is 0.000664 e. The summed E-state index contributed by atoms with van der Waals surface area (Å²) in [6.07, 6.45) is 4.87. The lowest BCUT2D eigenvalue weighted by Gasteiger charge is -2.20. The van der Waals surface area contributed by atoms with Gasteiger partial charge in [0.05, 0.1) is 0 Å². The van der Waals surface area contributed by atoms with Gasteiger partial charge in [-0.05, 0) is 65.0 Å². The first-order valence-corrected chi connectivity index (χ1v) is 6.48. The molecule has 0 aliphatic rings. The molecule has 15 heavy (non-hydrogen) atoms. The van der Waals surface area contributed by atoms with Crippen LogP contribution in [0.15, 0.2) is 0 Å². The maximum Gasteiger partial charge on any atom is -0.000664 e. The molecule has 0 fully saturated rings. The highest BCUT2D eigenvalue weighted by Crippen LogP contribution is 1.95. The van der Waals surface area contributed by atoms with Crippen LogP contribution >= 0.6 is 0 Å². The number of nitrogens with two attached hydrogens (primary N) is 1. The lowest BCUT2D eigenvalue weighted by Crippen LogP contribution is -2.29. The molecule has 0 heterocycles. The summed E-state index contributed by atoms with van der Waals surface area (Å²) in [5.74, 6) is 0. The second-order valence-corrected chi connectivity index (χ2v) is 4.09. The molecule has 3 N–H and O–H groups in total. The highest BCUT2D eigenvalue weighted by Gasteiger charge is 2.00. The highest BCUT2D eigenvalue weighted by molar-refractivity contribution is 4.58. The van der Waals surface area contributed by atoms with Crippen LogP contribution < -0.4 is 11.1 Å². The van der Waals surface area contributed by atoms with E-state index in [2.05, 4.69) is 24.1 Å². The van der Waals surface area contributed by atoms with Crippen LogP contribution in [-0.2, 0) is 0 Å². The van der Waals surface area contributed by atoms with E-state index < -0.39 is 0 Å². The third-order valence-corrected chi connectivity index (χ3v) is 2.47. The number of nitrogens with zero attached hydrogens (tertiary/aromatic N) is 1. The second-order valence-electron chi connectivity index (χ2n) is 4.09. The Labute approximate surface area is 95.4 Å². The van der Waals surface area contributed by atoms with Gasteiger partial charge in [-0.25, -0.2) is 0 Å². The van der Waals surface area contributed by atoms with Crippen molar-refractivity contribution in [2.75, 3.05) is 39.3 Å². The number of hydrogen-bond acceptors (Lipinski definition) is 3. The topological polar surface area (TPSA) is 41.3 Å². The van der Waals surface area contributed by atoms with E-state index in [4.69, 9.17) is 5.73 Å². The minimum absolute atomic E-state index is 0.796. The van der Waals surface area contributed by atoms with Gasteiger partial charge in [-0.1, -0.05) is 13.8 Å². The van der Waals surface area contributed by atoms with E-state index in [1.807, 2.05) is 0 Å². The number of nitrogens with one attached hydrogen (secondary N) is 1. The van der Waals surface area contributed by atoms with E-state index in [0.29, 0.717) is 0 Å². The summed E-state index contributed by atoms with van der Waals surface area (Å²) in [6, 6.07) is 0. The van der Waals surface area contributed by atoms with Crippen LogP contribution in [0.3, 0.4) is 0 Å². The van der Waals surface area contributed by atoms with E-state index >= 15 is 0 Å². The van der Waals surface area contributed by atoms with Gasteiger partial charge in [0, 0.05) is 0 Å². The van der Waals surface area contributed by atoms with Crippen molar-refractivity contribution in [3.8, 4) is 0 Å². The quantitative estimate of drug-likeness (QED) is 0.512. The van der Waals surface area contributed by atoms with E-state index in [-0.39, 0.29) is 0 Å². The zero-order valence-corrected chi connectivity index (χ0v) is 10.6. The molecule has 3 nitrogen and oxygen atoms in total. The van der Waals surface area contributed by atoms with Gasteiger partial charge < -0.3 is 16.0 Å². The van der Waals surface area contributed by atoms with Crippen molar-refractivity contribution in [3.63, 3.8) is 0 Å². The largest absolute Gasteiger partial charge is 0.330 e. The second kappa shape index (κ2) is 12.0.